The van der Waals surface area contributed by atoms with E-state index in [1.165, 1.54) is 23.1 Å². The SMILES string of the molecule is CCc1[nH]c2nc(Sc3nc(-c4nnn[nH]4)cs3)nc(N3CC(O)C3)c2c1Cl. The fourth-order valence-corrected chi connectivity index (χ4v) is 4.99. The van der Waals surface area contributed by atoms with Crippen LogP contribution in [0.1, 0.15) is 12.6 Å². The quantitative estimate of drug-likeness (QED) is 0.403. The van der Waals surface area contributed by atoms with E-state index in [2.05, 4.69) is 35.6 Å². The van der Waals surface area contributed by atoms with Crippen molar-refractivity contribution in [3.63, 3.8) is 0 Å². The lowest BCUT2D eigenvalue weighted by Crippen LogP contribution is -2.51. The van der Waals surface area contributed by atoms with Crippen LogP contribution in [0.5, 0.6) is 0 Å². The molecule has 0 amide bonds. The molecule has 0 aromatic carbocycles. The van der Waals surface area contributed by atoms with Gasteiger partial charge in [0.1, 0.15) is 17.2 Å². The smallest absolute Gasteiger partial charge is 0.198 e. The Balaban J connectivity index is 1.53. The summed E-state index contributed by atoms with van der Waals surface area (Å²) in [6.07, 6.45) is 0.419. The number of halogens is 1. The number of aliphatic hydroxyl groups excluding tert-OH is 1. The zero-order chi connectivity index (χ0) is 19.3. The van der Waals surface area contributed by atoms with Crippen LogP contribution in [0, 0.1) is 0 Å². The average Bonchev–Trinajstić information content (AvgIpc) is 3.39. The number of aliphatic hydroxyl groups is 1. The molecule has 10 nitrogen and oxygen atoms in total. The van der Waals surface area contributed by atoms with Gasteiger partial charge in [-0.1, -0.05) is 18.5 Å². The molecule has 0 saturated carbocycles. The number of thiazole rings is 1. The predicted molar refractivity (Wildman–Crippen MR) is 106 cm³/mol. The molecule has 0 unspecified atom stereocenters. The number of hydrogen-bond donors (Lipinski definition) is 3. The van der Waals surface area contributed by atoms with Crippen LogP contribution in [0.2, 0.25) is 5.02 Å². The van der Waals surface area contributed by atoms with Crippen molar-refractivity contribution < 1.29 is 5.11 Å². The number of fused-ring (bicyclic) bond motifs is 1. The van der Waals surface area contributed by atoms with Gasteiger partial charge in [-0.3, -0.25) is 0 Å². The largest absolute Gasteiger partial charge is 0.389 e. The van der Waals surface area contributed by atoms with Crippen LogP contribution >= 0.6 is 34.7 Å². The van der Waals surface area contributed by atoms with Gasteiger partial charge in [0.15, 0.2) is 15.3 Å². The lowest BCUT2D eigenvalue weighted by atomic mass is 10.1. The highest BCUT2D eigenvalue weighted by atomic mass is 35.5. The zero-order valence-electron chi connectivity index (χ0n) is 14.5. The Morgan fingerprint density at radius 1 is 1.36 bits per heavy atom. The molecular weight excluding hydrogens is 422 g/mol. The van der Waals surface area contributed by atoms with Gasteiger partial charge >= 0.3 is 0 Å². The minimum Gasteiger partial charge on any atom is -0.389 e. The first kappa shape index (κ1) is 17.8. The van der Waals surface area contributed by atoms with E-state index in [9.17, 15) is 5.11 Å². The average molecular weight is 436 g/mol. The van der Waals surface area contributed by atoms with Crippen molar-refractivity contribution in [2.24, 2.45) is 0 Å². The molecule has 0 bridgehead atoms. The predicted octanol–water partition coefficient (Wildman–Crippen LogP) is 2.14. The summed E-state index contributed by atoms with van der Waals surface area (Å²) >= 11 is 9.38. The topological polar surface area (TPSA) is 132 Å². The number of anilines is 1. The highest BCUT2D eigenvalue weighted by Crippen LogP contribution is 2.38. The number of H-pyrrole nitrogens is 2. The Labute approximate surface area is 171 Å². The molecule has 1 aliphatic heterocycles. The summed E-state index contributed by atoms with van der Waals surface area (Å²) < 4.78 is 0.772. The molecule has 0 radical (unpaired) electrons. The van der Waals surface area contributed by atoms with Crippen LogP contribution in [0.15, 0.2) is 14.9 Å². The molecule has 0 aliphatic carbocycles. The van der Waals surface area contributed by atoms with Gasteiger partial charge in [-0.25, -0.2) is 20.1 Å². The number of hydrogen-bond acceptors (Lipinski definition) is 10. The number of nitrogens with zero attached hydrogens (tertiary/aromatic N) is 7. The molecule has 1 fully saturated rings. The molecule has 0 atom stereocenters. The van der Waals surface area contributed by atoms with Crippen LogP contribution in [-0.2, 0) is 6.42 Å². The Morgan fingerprint density at radius 2 is 2.21 bits per heavy atom. The van der Waals surface area contributed by atoms with Crippen LogP contribution in [0.3, 0.4) is 0 Å². The van der Waals surface area contributed by atoms with Gasteiger partial charge in [0.05, 0.1) is 16.5 Å². The maximum absolute atomic E-state index is 9.71. The lowest BCUT2D eigenvalue weighted by Gasteiger charge is -2.37. The summed E-state index contributed by atoms with van der Waals surface area (Å²) in [6, 6.07) is 0. The number of aromatic nitrogens is 8. The maximum atomic E-state index is 9.71. The van der Waals surface area contributed by atoms with Crippen molar-refractivity contribution in [1.82, 2.24) is 40.6 Å². The summed E-state index contributed by atoms with van der Waals surface area (Å²) in [5.74, 6) is 1.24. The van der Waals surface area contributed by atoms with Crippen molar-refractivity contribution in [2.45, 2.75) is 28.9 Å². The van der Waals surface area contributed by atoms with Crippen molar-refractivity contribution in [2.75, 3.05) is 18.0 Å². The fraction of sp³-hybridized carbons (Fsp3) is 0.333. The second-order valence-electron chi connectivity index (χ2n) is 6.23. The molecule has 4 aromatic heterocycles. The number of tetrazole rings is 1. The minimum absolute atomic E-state index is 0.346. The Kier molecular flexibility index (Phi) is 4.42. The van der Waals surface area contributed by atoms with E-state index < -0.39 is 0 Å². The van der Waals surface area contributed by atoms with Gasteiger partial charge < -0.3 is 15.0 Å². The first-order chi connectivity index (χ1) is 13.6. The molecule has 0 spiro atoms. The van der Waals surface area contributed by atoms with Crippen molar-refractivity contribution in [1.29, 1.82) is 0 Å². The summed E-state index contributed by atoms with van der Waals surface area (Å²) in [5, 5.41) is 27.3. The van der Waals surface area contributed by atoms with Crippen molar-refractivity contribution in [3.8, 4) is 11.5 Å². The molecule has 1 aliphatic rings. The third-order valence-corrected chi connectivity index (χ3v) is 6.61. The Morgan fingerprint density at radius 3 is 2.93 bits per heavy atom. The first-order valence-corrected chi connectivity index (χ1v) is 10.6. The molecular formula is C15H14ClN9OS2. The molecule has 1 saturated heterocycles. The molecule has 4 aromatic rings. The van der Waals surface area contributed by atoms with Crippen molar-refractivity contribution >= 4 is 51.6 Å². The van der Waals surface area contributed by atoms with Gasteiger partial charge in [0.25, 0.3) is 0 Å². The fourth-order valence-electron chi connectivity index (χ4n) is 2.98. The van der Waals surface area contributed by atoms with Gasteiger partial charge in [-0.15, -0.1) is 16.4 Å². The summed E-state index contributed by atoms with van der Waals surface area (Å²) in [7, 11) is 0. The number of aromatic amines is 2. The lowest BCUT2D eigenvalue weighted by molar-refractivity contribution is 0.141. The van der Waals surface area contributed by atoms with E-state index in [1.807, 2.05) is 17.2 Å². The second-order valence-corrected chi connectivity index (χ2v) is 8.68. The molecule has 5 rings (SSSR count). The van der Waals surface area contributed by atoms with E-state index in [4.69, 9.17) is 16.6 Å². The number of aryl methyl sites for hydroxylation is 1. The number of rotatable bonds is 5. The molecule has 28 heavy (non-hydrogen) atoms. The number of nitrogens with one attached hydrogen (secondary N) is 2. The third kappa shape index (κ3) is 3.02. The highest BCUT2D eigenvalue weighted by Gasteiger charge is 2.30. The van der Waals surface area contributed by atoms with Gasteiger partial charge in [-0.05, 0) is 28.6 Å². The number of β-amino-alcohol motifs (C(OH)–C–C–N with tert-alkyl or cyclic N) is 1. The van der Waals surface area contributed by atoms with Gasteiger partial charge in [-0.2, -0.15) is 0 Å². The minimum atomic E-state index is -0.346. The molecule has 5 heterocycles. The third-order valence-electron chi connectivity index (χ3n) is 4.39. The van der Waals surface area contributed by atoms with Crippen LogP contribution < -0.4 is 4.90 Å². The van der Waals surface area contributed by atoms with Crippen LogP contribution in [0.25, 0.3) is 22.6 Å². The summed E-state index contributed by atoms with van der Waals surface area (Å²) in [6.45, 7) is 3.08. The Bertz CT molecular complexity index is 1140. The normalized spacial score (nSPS) is 14.8. The van der Waals surface area contributed by atoms with E-state index >= 15 is 0 Å². The van der Waals surface area contributed by atoms with E-state index in [-0.39, 0.29) is 6.10 Å². The highest BCUT2D eigenvalue weighted by molar-refractivity contribution is 8.00. The first-order valence-electron chi connectivity index (χ1n) is 8.51. The zero-order valence-corrected chi connectivity index (χ0v) is 16.9. The van der Waals surface area contributed by atoms with Crippen LogP contribution in [0.4, 0.5) is 5.82 Å². The van der Waals surface area contributed by atoms with E-state index in [0.29, 0.717) is 40.4 Å². The maximum Gasteiger partial charge on any atom is 0.198 e. The monoisotopic (exact) mass is 435 g/mol. The molecule has 3 N–H and O–H groups in total. The van der Waals surface area contributed by atoms with Gasteiger partial charge in [0, 0.05) is 24.2 Å². The molecule has 13 heteroatoms. The standard InChI is InChI=1S/C15H14ClN9OS2/c1-2-7-10(16)9-12(17-7)19-14(20-13(9)25-3-6(26)4-25)28-15-18-8(5-27-15)11-21-23-24-22-11/h5-6,26H,2-4H2,1H3,(H,17,19,20)(H,21,22,23,24). The summed E-state index contributed by atoms with van der Waals surface area (Å²) in [4.78, 5) is 19.2. The van der Waals surface area contributed by atoms with E-state index in [0.717, 1.165) is 27.7 Å². The second kappa shape index (κ2) is 6.95. The van der Waals surface area contributed by atoms with E-state index in [1.54, 1.807) is 0 Å². The summed E-state index contributed by atoms with van der Waals surface area (Å²) in [5.41, 5.74) is 2.28. The van der Waals surface area contributed by atoms with Crippen LogP contribution in [-0.4, -0.2) is 64.9 Å². The van der Waals surface area contributed by atoms with Crippen molar-refractivity contribution in [3.05, 3.63) is 16.1 Å². The Hall–Kier alpha value is -2.28. The molecule has 144 valence electrons. The van der Waals surface area contributed by atoms with Gasteiger partial charge in [0.2, 0.25) is 0 Å².